The van der Waals surface area contributed by atoms with E-state index in [2.05, 4.69) is 4.99 Å². The number of nitrogens with zero attached hydrogens (tertiary/aromatic N) is 1. The Morgan fingerprint density at radius 1 is 1.83 bits per heavy atom. The van der Waals surface area contributed by atoms with Crippen molar-refractivity contribution in [3.63, 3.8) is 0 Å². The maximum atomic E-state index is 5.03. The van der Waals surface area contributed by atoms with Crippen LogP contribution < -0.4 is 0 Å². The Bertz CT molecular complexity index is 59.8. The van der Waals surface area contributed by atoms with Crippen molar-refractivity contribution in [2.45, 2.75) is 6.92 Å². The van der Waals surface area contributed by atoms with Gasteiger partial charge in [-0.3, -0.25) is 0 Å². The second-order valence-corrected chi connectivity index (χ2v) is 1.03. The van der Waals surface area contributed by atoms with Crippen LogP contribution in [0.3, 0.4) is 0 Å². The Labute approximate surface area is 40.5 Å². The van der Waals surface area contributed by atoms with E-state index in [0.29, 0.717) is 0 Å². The summed E-state index contributed by atoms with van der Waals surface area (Å²) >= 11 is 0. The SMILES string of the molecule is [B][B]C(C)=NC. The van der Waals surface area contributed by atoms with Crippen molar-refractivity contribution in [1.82, 2.24) is 0 Å². The molecule has 0 aliphatic heterocycles. The van der Waals surface area contributed by atoms with Crippen molar-refractivity contribution < 1.29 is 0 Å². The van der Waals surface area contributed by atoms with Gasteiger partial charge in [0.25, 0.3) is 0 Å². The molecule has 0 spiro atoms. The van der Waals surface area contributed by atoms with Gasteiger partial charge in [0, 0.05) is 14.8 Å². The fourth-order valence-corrected chi connectivity index (χ4v) is 0.0745. The molecular formula is C3H6B2N. The molecule has 6 heavy (non-hydrogen) atoms. The average Bonchev–Trinajstić information content (AvgIpc) is 1.65. The van der Waals surface area contributed by atoms with E-state index >= 15 is 0 Å². The van der Waals surface area contributed by atoms with Crippen molar-refractivity contribution in [3.05, 3.63) is 0 Å². The second kappa shape index (κ2) is 3.01. The molecule has 0 atom stereocenters. The minimum atomic E-state index is 0.870. The normalized spacial score (nSPS) is 11.3. The van der Waals surface area contributed by atoms with Gasteiger partial charge in [-0.2, -0.15) is 0 Å². The number of aliphatic imine (C=N–C) groups is 1. The molecule has 29 valence electrons. The largest absolute Gasteiger partial charge is 0.309 e. The molecule has 0 amide bonds. The molecule has 0 heterocycles. The van der Waals surface area contributed by atoms with Crippen LogP contribution in [0, 0.1) is 0 Å². The van der Waals surface area contributed by atoms with Crippen LogP contribution >= 0.6 is 0 Å². The highest BCUT2D eigenvalue weighted by molar-refractivity contribution is 7.08. The first kappa shape index (κ1) is 5.80. The predicted molar refractivity (Wildman–Crippen MR) is 30.5 cm³/mol. The molecule has 0 fully saturated rings. The molecule has 0 saturated heterocycles. The van der Waals surface area contributed by atoms with Crippen LogP contribution in [-0.2, 0) is 0 Å². The Hall–Kier alpha value is -0.200. The Kier molecular flexibility index (Phi) is 2.91. The van der Waals surface area contributed by atoms with E-state index < -0.39 is 0 Å². The highest BCUT2D eigenvalue weighted by Crippen LogP contribution is 1.63. The standard InChI is InChI=1S/C3H6B2N/c1-3(5-4)6-2/h1-2H3. The summed E-state index contributed by atoms with van der Waals surface area (Å²) in [5, 5.41) is 0. The number of rotatable bonds is 1. The zero-order valence-corrected chi connectivity index (χ0v) is 4.10. The van der Waals surface area contributed by atoms with Gasteiger partial charge in [0.2, 0.25) is 0 Å². The molecule has 0 N–H and O–H groups in total. The van der Waals surface area contributed by atoms with Crippen LogP contribution in [0.4, 0.5) is 0 Å². The van der Waals surface area contributed by atoms with Crippen LogP contribution in [0.15, 0.2) is 4.99 Å². The molecule has 0 rings (SSSR count). The van der Waals surface area contributed by atoms with Gasteiger partial charge in [0.1, 0.15) is 7.17 Å². The van der Waals surface area contributed by atoms with Crippen molar-refractivity contribution >= 4 is 20.5 Å². The second-order valence-electron chi connectivity index (χ2n) is 1.03. The lowest BCUT2D eigenvalue weighted by molar-refractivity contribution is 1.45. The fraction of sp³-hybridized carbons (Fsp3) is 0.667. The lowest BCUT2D eigenvalue weighted by atomic mass is 9.53. The first-order valence-corrected chi connectivity index (χ1v) is 1.79. The molecule has 0 aromatic carbocycles. The summed E-state index contributed by atoms with van der Waals surface area (Å²) < 4.78 is 0. The third-order valence-corrected chi connectivity index (χ3v) is 0.594. The van der Waals surface area contributed by atoms with Gasteiger partial charge in [-0.05, 0) is 12.5 Å². The summed E-state index contributed by atoms with van der Waals surface area (Å²) in [5.41, 5.74) is 0.870. The zero-order valence-electron chi connectivity index (χ0n) is 4.10. The summed E-state index contributed by atoms with van der Waals surface area (Å²) in [6.07, 6.45) is 0. The first-order chi connectivity index (χ1) is 2.81. The summed E-state index contributed by atoms with van der Waals surface area (Å²) in [7, 11) is 8.21. The third-order valence-electron chi connectivity index (χ3n) is 0.594. The van der Waals surface area contributed by atoms with Crippen LogP contribution in [0.25, 0.3) is 0 Å². The van der Waals surface area contributed by atoms with Crippen molar-refractivity contribution in [1.29, 1.82) is 0 Å². The van der Waals surface area contributed by atoms with E-state index in [0.717, 1.165) is 5.61 Å². The van der Waals surface area contributed by atoms with Crippen molar-refractivity contribution in [2.75, 3.05) is 7.05 Å². The van der Waals surface area contributed by atoms with Crippen LogP contribution in [0.2, 0.25) is 0 Å². The Morgan fingerprint density at radius 3 is 2.33 bits per heavy atom. The van der Waals surface area contributed by atoms with Crippen molar-refractivity contribution in [3.8, 4) is 0 Å². The van der Waals surface area contributed by atoms with E-state index in [1.807, 2.05) is 6.92 Å². The zero-order chi connectivity index (χ0) is 4.99. The maximum Gasteiger partial charge on any atom is 0.115 e. The molecule has 3 radical (unpaired) electrons. The van der Waals surface area contributed by atoms with Gasteiger partial charge in [-0.15, -0.1) is 0 Å². The lowest BCUT2D eigenvalue weighted by Gasteiger charge is -1.83. The lowest BCUT2D eigenvalue weighted by Crippen LogP contribution is -2.02. The quantitative estimate of drug-likeness (QED) is 0.304. The van der Waals surface area contributed by atoms with Crippen LogP contribution in [0.5, 0.6) is 0 Å². The maximum absolute atomic E-state index is 5.03. The number of hydrogen-bond acceptors (Lipinski definition) is 1. The number of hydrogen-bond donors (Lipinski definition) is 0. The fourth-order valence-electron chi connectivity index (χ4n) is 0.0745. The van der Waals surface area contributed by atoms with E-state index in [1.165, 1.54) is 7.17 Å². The van der Waals surface area contributed by atoms with Gasteiger partial charge in [-0.25, -0.2) is 0 Å². The van der Waals surface area contributed by atoms with Crippen LogP contribution in [-0.4, -0.2) is 27.6 Å². The van der Waals surface area contributed by atoms with E-state index in [1.54, 1.807) is 7.05 Å². The monoisotopic (exact) mass is 78.1 g/mol. The topological polar surface area (TPSA) is 12.4 Å². The molecule has 0 bridgehead atoms. The van der Waals surface area contributed by atoms with Gasteiger partial charge >= 0.3 is 0 Å². The Balaban J connectivity index is 3.22. The van der Waals surface area contributed by atoms with Gasteiger partial charge in [0.05, 0.1) is 0 Å². The molecule has 3 heteroatoms. The molecule has 0 aromatic rings. The molecule has 0 saturated carbocycles. The first-order valence-electron chi connectivity index (χ1n) is 1.79. The summed E-state index contributed by atoms with van der Waals surface area (Å²) in [6.45, 7) is 1.85. The van der Waals surface area contributed by atoms with E-state index in [4.69, 9.17) is 7.74 Å². The minimum absolute atomic E-state index is 0.870. The van der Waals surface area contributed by atoms with E-state index in [9.17, 15) is 0 Å². The highest BCUT2D eigenvalue weighted by Gasteiger charge is 1.77. The Morgan fingerprint density at radius 2 is 2.33 bits per heavy atom. The van der Waals surface area contributed by atoms with Gasteiger partial charge < -0.3 is 4.99 Å². The van der Waals surface area contributed by atoms with Gasteiger partial charge in [0.15, 0.2) is 0 Å². The molecule has 0 aliphatic carbocycles. The molecule has 0 aromatic heterocycles. The molecule has 0 aliphatic rings. The average molecular weight is 77.7 g/mol. The summed E-state index contributed by atoms with van der Waals surface area (Å²) in [5.74, 6) is 0. The van der Waals surface area contributed by atoms with Crippen molar-refractivity contribution in [2.24, 2.45) is 4.99 Å². The van der Waals surface area contributed by atoms with E-state index in [-0.39, 0.29) is 0 Å². The highest BCUT2D eigenvalue weighted by atomic mass is 14.6. The third kappa shape index (κ3) is 2.06. The summed E-state index contributed by atoms with van der Waals surface area (Å²) in [4.78, 5) is 3.74. The molecule has 1 nitrogen and oxygen atoms in total. The molecular weight excluding hydrogens is 71.7 g/mol. The van der Waals surface area contributed by atoms with Gasteiger partial charge in [-0.1, -0.05) is 0 Å². The van der Waals surface area contributed by atoms with Crippen LogP contribution in [0.1, 0.15) is 6.92 Å². The minimum Gasteiger partial charge on any atom is -0.309 e. The molecule has 0 unspecified atom stereocenters. The predicted octanol–water partition coefficient (Wildman–Crippen LogP) is -0.178. The smallest absolute Gasteiger partial charge is 0.115 e. The summed E-state index contributed by atoms with van der Waals surface area (Å²) in [6, 6.07) is 0.